The van der Waals surface area contributed by atoms with Crippen molar-refractivity contribution >= 4 is 28.2 Å². The fourth-order valence-corrected chi connectivity index (χ4v) is 2.21. The van der Waals surface area contributed by atoms with Crippen LogP contribution in [0.15, 0.2) is 0 Å². The van der Waals surface area contributed by atoms with Gasteiger partial charge in [0.15, 0.2) is 5.13 Å². The van der Waals surface area contributed by atoms with Crippen molar-refractivity contribution in [3.63, 3.8) is 0 Å². The summed E-state index contributed by atoms with van der Waals surface area (Å²) in [6.45, 7) is 6.20. The van der Waals surface area contributed by atoms with Crippen LogP contribution in [0.5, 0.6) is 0 Å². The van der Waals surface area contributed by atoms with Crippen molar-refractivity contribution in [1.82, 2.24) is 9.88 Å². The molecule has 0 spiro atoms. The zero-order valence-electron chi connectivity index (χ0n) is 10.9. The fourth-order valence-electron chi connectivity index (χ4n) is 1.38. The summed E-state index contributed by atoms with van der Waals surface area (Å²) in [7, 11) is 3.55. The molecule has 0 aromatic carbocycles. The van der Waals surface area contributed by atoms with Crippen LogP contribution in [-0.2, 0) is 0 Å². The van der Waals surface area contributed by atoms with Crippen molar-refractivity contribution in [3.05, 3.63) is 4.88 Å². The van der Waals surface area contributed by atoms with E-state index in [1.807, 2.05) is 6.92 Å². The summed E-state index contributed by atoms with van der Waals surface area (Å²) in [6, 6.07) is 0.169. The van der Waals surface area contributed by atoms with E-state index in [1.165, 1.54) is 11.3 Å². The van der Waals surface area contributed by atoms with Crippen molar-refractivity contribution in [3.8, 4) is 0 Å². The molecule has 0 aliphatic rings. The van der Waals surface area contributed by atoms with Gasteiger partial charge in [-0.15, -0.1) is 0 Å². The number of nitrogens with zero attached hydrogens (tertiary/aromatic N) is 2. The van der Waals surface area contributed by atoms with Gasteiger partial charge in [0.1, 0.15) is 10.7 Å². The van der Waals surface area contributed by atoms with E-state index in [-0.39, 0.29) is 11.9 Å². The quantitative estimate of drug-likeness (QED) is 0.863. The van der Waals surface area contributed by atoms with Crippen LogP contribution in [0.1, 0.15) is 30.4 Å². The first-order valence-electron chi connectivity index (χ1n) is 5.59. The molecule has 0 radical (unpaired) electrons. The Morgan fingerprint density at radius 2 is 2.06 bits per heavy atom. The molecule has 1 atom stereocenters. The predicted molar refractivity (Wildman–Crippen MR) is 72.5 cm³/mol. The highest BCUT2D eigenvalue weighted by atomic mass is 32.1. The van der Waals surface area contributed by atoms with Gasteiger partial charge in [0.25, 0.3) is 5.91 Å². The Labute approximate surface area is 106 Å². The van der Waals surface area contributed by atoms with Gasteiger partial charge in [0.05, 0.1) is 0 Å². The summed E-state index contributed by atoms with van der Waals surface area (Å²) in [6.07, 6.45) is 0. The van der Waals surface area contributed by atoms with Crippen molar-refractivity contribution in [2.75, 3.05) is 25.1 Å². The Morgan fingerprint density at radius 1 is 1.47 bits per heavy atom. The molecular weight excluding hydrogens is 236 g/mol. The van der Waals surface area contributed by atoms with Gasteiger partial charge in [-0.25, -0.2) is 4.98 Å². The van der Waals surface area contributed by atoms with Gasteiger partial charge in [-0.2, -0.15) is 0 Å². The van der Waals surface area contributed by atoms with Crippen LogP contribution in [0.2, 0.25) is 0 Å². The van der Waals surface area contributed by atoms with Crippen LogP contribution in [0.4, 0.5) is 10.9 Å². The third-order valence-corrected chi connectivity index (χ3v) is 4.03. The number of amides is 1. The summed E-state index contributed by atoms with van der Waals surface area (Å²) in [5.74, 6) is 0.636. The second-order valence-electron chi connectivity index (χ2n) is 4.38. The minimum absolute atomic E-state index is 0.0669. The van der Waals surface area contributed by atoms with Crippen LogP contribution < -0.4 is 11.1 Å². The monoisotopic (exact) mass is 256 g/mol. The molecule has 0 bridgehead atoms. The fraction of sp³-hybridized carbons (Fsp3) is 0.636. The number of nitrogens with one attached hydrogen (secondary N) is 1. The Bertz CT molecular complexity index is 402. The molecule has 1 unspecified atom stereocenters. The first-order valence-corrected chi connectivity index (χ1v) is 6.41. The molecule has 1 aromatic rings. The molecule has 0 saturated carbocycles. The molecule has 1 amide bonds. The normalized spacial score (nSPS) is 12.6. The van der Waals surface area contributed by atoms with Gasteiger partial charge in [-0.05, 0) is 12.8 Å². The van der Waals surface area contributed by atoms with E-state index in [2.05, 4.69) is 24.1 Å². The molecule has 17 heavy (non-hydrogen) atoms. The summed E-state index contributed by atoms with van der Waals surface area (Å²) in [5, 5.41) is 3.55. The molecule has 1 heterocycles. The lowest BCUT2D eigenvalue weighted by molar-refractivity contribution is 0.0713. The van der Waals surface area contributed by atoms with Gasteiger partial charge in [0, 0.05) is 20.1 Å². The van der Waals surface area contributed by atoms with Crippen LogP contribution in [-0.4, -0.2) is 35.9 Å². The van der Waals surface area contributed by atoms with Gasteiger partial charge in [-0.3, -0.25) is 4.79 Å². The van der Waals surface area contributed by atoms with E-state index in [1.54, 1.807) is 19.0 Å². The van der Waals surface area contributed by atoms with Crippen LogP contribution in [0.3, 0.4) is 0 Å². The summed E-state index contributed by atoms with van der Waals surface area (Å²) < 4.78 is 0. The standard InChI is InChI=1S/C11H20N4OS/c1-6(2)7(3)15(5)10(16)8-9(12)14-11(13-4)17-8/h6-7H,12H2,1-5H3,(H,13,14). The second kappa shape index (κ2) is 5.35. The zero-order valence-corrected chi connectivity index (χ0v) is 11.8. The molecule has 0 aliphatic carbocycles. The number of nitrogen functional groups attached to an aromatic ring is 1. The Balaban J connectivity index is 2.92. The molecule has 3 N–H and O–H groups in total. The van der Waals surface area contributed by atoms with Crippen LogP contribution in [0, 0.1) is 5.92 Å². The zero-order chi connectivity index (χ0) is 13.2. The van der Waals surface area contributed by atoms with Gasteiger partial charge < -0.3 is 16.0 Å². The largest absolute Gasteiger partial charge is 0.382 e. The van der Waals surface area contributed by atoms with Gasteiger partial charge >= 0.3 is 0 Å². The molecule has 1 aromatic heterocycles. The lowest BCUT2D eigenvalue weighted by atomic mass is 10.1. The third kappa shape index (κ3) is 2.88. The van der Waals surface area contributed by atoms with Crippen molar-refractivity contribution in [1.29, 1.82) is 0 Å². The number of hydrogen-bond donors (Lipinski definition) is 2. The number of carbonyl (C=O) groups is 1. The molecular formula is C11H20N4OS. The molecule has 5 nitrogen and oxygen atoms in total. The van der Waals surface area contributed by atoms with E-state index in [9.17, 15) is 4.79 Å². The first-order chi connectivity index (χ1) is 7.88. The minimum atomic E-state index is -0.0669. The van der Waals surface area contributed by atoms with E-state index in [0.29, 0.717) is 21.7 Å². The second-order valence-corrected chi connectivity index (χ2v) is 5.38. The van der Waals surface area contributed by atoms with Crippen molar-refractivity contribution < 1.29 is 4.79 Å². The summed E-state index contributed by atoms with van der Waals surface area (Å²) >= 11 is 1.29. The van der Waals surface area contributed by atoms with E-state index < -0.39 is 0 Å². The topological polar surface area (TPSA) is 71.2 Å². The van der Waals surface area contributed by atoms with Crippen LogP contribution in [0.25, 0.3) is 0 Å². The minimum Gasteiger partial charge on any atom is -0.382 e. The lowest BCUT2D eigenvalue weighted by Gasteiger charge is -2.27. The Kier molecular flexibility index (Phi) is 4.34. The predicted octanol–water partition coefficient (Wildman–Crippen LogP) is 1.88. The Morgan fingerprint density at radius 3 is 2.47 bits per heavy atom. The highest BCUT2D eigenvalue weighted by molar-refractivity contribution is 7.18. The van der Waals surface area contributed by atoms with Crippen molar-refractivity contribution in [2.45, 2.75) is 26.8 Å². The maximum Gasteiger partial charge on any atom is 0.267 e. The molecule has 0 fully saturated rings. The molecule has 96 valence electrons. The van der Waals surface area contributed by atoms with Crippen LogP contribution >= 0.6 is 11.3 Å². The lowest BCUT2D eigenvalue weighted by Crippen LogP contribution is -2.38. The summed E-state index contributed by atoms with van der Waals surface area (Å²) in [4.78, 5) is 18.5. The Hall–Kier alpha value is -1.30. The number of thiazole rings is 1. The number of rotatable bonds is 4. The summed E-state index contributed by atoms with van der Waals surface area (Å²) in [5.41, 5.74) is 5.74. The number of carbonyl (C=O) groups excluding carboxylic acids is 1. The molecule has 0 aliphatic heterocycles. The third-order valence-electron chi connectivity index (χ3n) is 2.96. The highest BCUT2D eigenvalue weighted by Crippen LogP contribution is 2.26. The molecule has 0 saturated heterocycles. The first kappa shape index (κ1) is 13.8. The van der Waals surface area contributed by atoms with Gasteiger partial charge in [-0.1, -0.05) is 25.2 Å². The van der Waals surface area contributed by atoms with E-state index in [0.717, 1.165) is 0 Å². The highest BCUT2D eigenvalue weighted by Gasteiger charge is 2.24. The smallest absolute Gasteiger partial charge is 0.267 e. The average molecular weight is 256 g/mol. The van der Waals surface area contributed by atoms with Gasteiger partial charge in [0.2, 0.25) is 0 Å². The SMILES string of the molecule is CNc1nc(N)c(C(=O)N(C)C(C)C(C)C)s1. The molecule has 6 heteroatoms. The number of aromatic nitrogens is 1. The average Bonchev–Trinajstić information content (AvgIpc) is 2.67. The number of hydrogen-bond acceptors (Lipinski definition) is 5. The number of nitrogens with two attached hydrogens (primary N) is 1. The number of anilines is 2. The maximum absolute atomic E-state index is 12.2. The molecule has 1 rings (SSSR count). The maximum atomic E-state index is 12.2. The van der Waals surface area contributed by atoms with E-state index in [4.69, 9.17) is 5.73 Å². The van der Waals surface area contributed by atoms with Crippen molar-refractivity contribution in [2.24, 2.45) is 5.92 Å². The van der Waals surface area contributed by atoms with E-state index >= 15 is 0 Å².